The van der Waals surface area contributed by atoms with E-state index in [1.807, 2.05) is 20.1 Å². The van der Waals surface area contributed by atoms with E-state index in [9.17, 15) is 0 Å². The largest absolute Gasteiger partial charge is 0.488 e. The third kappa shape index (κ3) is 2.70. The fraction of sp³-hybridized carbons (Fsp3) is 0.500. The molecule has 0 unspecified atom stereocenters. The van der Waals surface area contributed by atoms with Gasteiger partial charge in [-0.25, -0.2) is 9.97 Å². The van der Waals surface area contributed by atoms with Gasteiger partial charge in [0.25, 0.3) is 0 Å². The van der Waals surface area contributed by atoms with Crippen molar-refractivity contribution in [3.05, 3.63) is 12.4 Å². The predicted octanol–water partition coefficient (Wildman–Crippen LogP) is 1.99. The van der Waals surface area contributed by atoms with E-state index in [0.29, 0.717) is 0 Å². The lowest BCUT2D eigenvalue weighted by atomic mass is 10.5. The third-order valence-corrected chi connectivity index (χ3v) is 1.73. The summed E-state index contributed by atoms with van der Waals surface area (Å²) in [6, 6.07) is 0. The zero-order valence-electron chi connectivity index (χ0n) is 7.44. The topological polar surface area (TPSA) is 35.0 Å². The molecule has 0 radical (unpaired) electrons. The van der Waals surface area contributed by atoms with Crippen molar-refractivity contribution in [1.29, 1.82) is 0 Å². The van der Waals surface area contributed by atoms with Crippen LogP contribution in [0.3, 0.4) is 0 Å². The highest BCUT2D eigenvalue weighted by atomic mass is 32.2. The van der Waals surface area contributed by atoms with E-state index in [-0.39, 0.29) is 6.10 Å². The summed E-state index contributed by atoms with van der Waals surface area (Å²) in [4.78, 5) is 8.15. The molecule has 0 saturated heterocycles. The van der Waals surface area contributed by atoms with Gasteiger partial charge in [0.05, 0.1) is 18.5 Å². The molecule has 1 rings (SSSR count). The highest BCUT2D eigenvalue weighted by Gasteiger charge is 1.98. The van der Waals surface area contributed by atoms with Gasteiger partial charge in [0.2, 0.25) is 0 Å². The molecule has 3 nitrogen and oxygen atoms in total. The summed E-state index contributed by atoms with van der Waals surface area (Å²) >= 11 is 1.52. The molecular weight excluding hydrogens is 172 g/mol. The zero-order valence-corrected chi connectivity index (χ0v) is 8.26. The van der Waals surface area contributed by atoms with E-state index in [1.54, 1.807) is 12.4 Å². The Kier molecular flexibility index (Phi) is 3.34. The minimum atomic E-state index is 0.175. The third-order valence-electron chi connectivity index (χ3n) is 1.16. The molecule has 0 aliphatic rings. The van der Waals surface area contributed by atoms with Gasteiger partial charge in [0.15, 0.2) is 10.9 Å². The SMILES string of the molecule is CSc1ncc(OC(C)C)cn1. The number of hydrogen-bond donors (Lipinski definition) is 0. The lowest BCUT2D eigenvalue weighted by molar-refractivity contribution is 0.240. The van der Waals surface area contributed by atoms with E-state index >= 15 is 0 Å². The molecule has 0 aromatic carbocycles. The predicted molar refractivity (Wildman–Crippen MR) is 49.6 cm³/mol. The Bertz CT molecular complexity index is 235. The Morgan fingerprint density at radius 3 is 2.33 bits per heavy atom. The van der Waals surface area contributed by atoms with Gasteiger partial charge >= 0.3 is 0 Å². The van der Waals surface area contributed by atoms with Crippen LogP contribution in [0.5, 0.6) is 5.75 Å². The molecule has 0 aliphatic heterocycles. The first-order chi connectivity index (χ1) is 5.72. The first-order valence-corrected chi connectivity index (χ1v) is 4.97. The Labute approximate surface area is 76.6 Å². The summed E-state index contributed by atoms with van der Waals surface area (Å²) < 4.78 is 5.38. The Morgan fingerprint density at radius 2 is 1.92 bits per heavy atom. The molecule has 1 aromatic heterocycles. The van der Waals surface area contributed by atoms with Crippen molar-refractivity contribution in [2.45, 2.75) is 25.1 Å². The molecule has 0 bridgehead atoms. The fourth-order valence-electron chi connectivity index (χ4n) is 0.743. The van der Waals surface area contributed by atoms with E-state index in [1.165, 1.54) is 11.8 Å². The van der Waals surface area contributed by atoms with Crippen LogP contribution in [0, 0.1) is 0 Å². The molecule has 0 atom stereocenters. The van der Waals surface area contributed by atoms with E-state index in [4.69, 9.17) is 4.74 Å². The first-order valence-electron chi connectivity index (χ1n) is 3.75. The van der Waals surface area contributed by atoms with Gasteiger partial charge in [-0.1, -0.05) is 11.8 Å². The molecule has 0 N–H and O–H groups in total. The van der Waals surface area contributed by atoms with Gasteiger partial charge in [-0.05, 0) is 20.1 Å². The molecule has 4 heteroatoms. The molecular formula is C8H12N2OS. The maximum Gasteiger partial charge on any atom is 0.187 e. The highest BCUT2D eigenvalue weighted by Crippen LogP contribution is 2.12. The number of nitrogens with zero attached hydrogens (tertiary/aromatic N) is 2. The summed E-state index contributed by atoms with van der Waals surface area (Å²) in [5.41, 5.74) is 0. The molecule has 12 heavy (non-hydrogen) atoms. The second kappa shape index (κ2) is 4.30. The lowest BCUT2D eigenvalue weighted by Gasteiger charge is -2.07. The van der Waals surface area contributed by atoms with Crippen molar-refractivity contribution < 1.29 is 4.74 Å². The van der Waals surface area contributed by atoms with Gasteiger partial charge < -0.3 is 4.74 Å². The Morgan fingerprint density at radius 1 is 1.33 bits per heavy atom. The van der Waals surface area contributed by atoms with Crippen LogP contribution >= 0.6 is 11.8 Å². The molecule has 1 aromatic rings. The van der Waals surface area contributed by atoms with Crippen LogP contribution in [0.4, 0.5) is 0 Å². The summed E-state index contributed by atoms with van der Waals surface area (Å²) in [5, 5.41) is 0.770. The smallest absolute Gasteiger partial charge is 0.187 e. The van der Waals surface area contributed by atoms with Gasteiger partial charge in [-0.2, -0.15) is 0 Å². The van der Waals surface area contributed by atoms with E-state index in [2.05, 4.69) is 9.97 Å². The number of rotatable bonds is 3. The highest BCUT2D eigenvalue weighted by molar-refractivity contribution is 7.98. The molecule has 0 aliphatic carbocycles. The van der Waals surface area contributed by atoms with Crippen molar-refractivity contribution in [2.75, 3.05) is 6.26 Å². The standard InChI is InChI=1S/C8H12N2OS/c1-6(2)11-7-4-9-8(12-3)10-5-7/h4-6H,1-3H3. The lowest BCUT2D eigenvalue weighted by Crippen LogP contribution is -2.06. The molecule has 66 valence electrons. The number of aromatic nitrogens is 2. The normalized spacial score (nSPS) is 10.3. The monoisotopic (exact) mass is 184 g/mol. The second-order valence-electron chi connectivity index (χ2n) is 2.57. The van der Waals surface area contributed by atoms with E-state index in [0.717, 1.165) is 10.9 Å². The van der Waals surface area contributed by atoms with Crippen LogP contribution in [-0.2, 0) is 0 Å². The molecule has 0 saturated carbocycles. The maximum absolute atomic E-state index is 5.38. The van der Waals surface area contributed by atoms with E-state index < -0.39 is 0 Å². The van der Waals surface area contributed by atoms with Gasteiger partial charge in [0.1, 0.15) is 0 Å². The van der Waals surface area contributed by atoms with Gasteiger partial charge in [-0.3, -0.25) is 0 Å². The van der Waals surface area contributed by atoms with Crippen molar-refractivity contribution in [3.8, 4) is 5.75 Å². The van der Waals surface area contributed by atoms with Crippen LogP contribution < -0.4 is 4.74 Å². The average Bonchev–Trinajstić information content (AvgIpc) is 2.05. The minimum Gasteiger partial charge on any atom is -0.488 e. The van der Waals surface area contributed by atoms with Crippen LogP contribution in [0.25, 0.3) is 0 Å². The fourth-order valence-corrected chi connectivity index (χ4v) is 1.06. The van der Waals surface area contributed by atoms with Crippen molar-refractivity contribution >= 4 is 11.8 Å². The minimum absolute atomic E-state index is 0.175. The zero-order chi connectivity index (χ0) is 8.97. The molecule has 0 amide bonds. The number of hydrogen-bond acceptors (Lipinski definition) is 4. The Balaban J connectivity index is 2.65. The maximum atomic E-state index is 5.38. The van der Waals surface area contributed by atoms with Crippen LogP contribution in [-0.4, -0.2) is 22.3 Å². The number of thioether (sulfide) groups is 1. The summed E-state index contributed by atoms with van der Waals surface area (Å²) in [7, 11) is 0. The first kappa shape index (κ1) is 9.32. The Hall–Kier alpha value is -0.770. The molecule has 0 spiro atoms. The summed E-state index contributed by atoms with van der Waals surface area (Å²) in [6.07, 6.45) is 5.50. The number of ether oxygens (including phenoxy) is 1. The van der Waals surface area contributed by atoms with Crippen molar-refractivity contribution in [1.82, 2.24) is 9.97 Å². The summed E-state index contributed by atoms with van der Waals surface area (Å²) in [6.45, 7) is 3.95. The van der Waals surface area contributed by atoms with Gasteiger partial charge in [0, 0.05) is 0 Å². The van der Waals surface area contributed by atoms with Crippen molar-refractivity contribution in [2.24, 2.45) is 0 Å². The molecule has 0 fully saturated rings. The van der Waals surface area contributed by atoms with Crippen molar-refractivity contribution in [3.63, 3.8) is 0 Å². The van der Waals surface area contributed by atoms with Crippen LogP contribution in [0.2, 0.25) is 0 Å². The average molecular weight is 184 g/mol. The second-order valence-corrected chi connectivity index (χ2v) is 3.35. The quantitative estimate of drug-likeness (QED) is 0.531. The van der Waals surface area contributed by atoms with Crippen LogP contribution in [0.1, 0.15) is 13.8 Å². The molecule has 1 heterocycles. The van der Waals surface area contributed by atoms with Gasteiger partial charge in [-0.15, -0.1) is 0 Å². The summed E-state index contributed by atoms with van der Waals surface area (Å²) in [5.74, 6) is 0.725. The van der Waals surface area contributed by atoms with Crippen LogP contribution in [0.15, 0.2) is 17.6 Å².